The molecule has 3 heterocycles. The van der Waals surface area contributed by atoms with Gasteiger partial charge in [-0.05, 0) is 48.0 Å². The van der Waals surface area contributed by atoms with Crippen LogP contribution in [0.4, 0.5) is 14.5 Å². The van der Waals surface area contributed by atoms with Crippen LogP contribution in [-0.2, 0) is 21.3 Å². The molecule has 1 fully saturated rings. The monoisotopic (exact) mass is 579 g/mol. The second-order valence-corrected chi connectivity index (χ2v) is 11.7. The molecule has 0 radical (unpaired) electrons. The van der Waals surface area contributed by atoms with Crippen LogP contribution in [0.3, 0.4) is 0 Å². The molecule has 41 heavy (non-hydrogen) atoms. The molecule has 1 saturated heterocycles. The molecule has 0 aliphatic carbocycles. The van der Waals surface area contributed by atoms with Crippen molar-refractivity contribution in [3.8, 4) is 28.1 Å². The number of halogens is 2. The molecule has 0 atom stereocenters. The van der Waals surface area contributed by atoms with E-state index in [9.17, 15) is 17.2 Å². The summed E-state index contributed by atoms with van der Waals surface area (Å²) < 4.78 is 63.7. The lowest BCUT2D eigenvalue weighted by molar-refractivity contribution is 0.0359. The van der Waals surface area contributed by atoms with Gasteiger partial charge in [0.2, 0.25) is 10.0 Å². The van der Waals surface area contributed by atoms with Crippen molar-refractivity contribution < 1.29 is 21.9 Å². The van der Waals surface area contributed by atoms with Crippen LogP contribution in [0.25, 0.3) is 39.1 Å². The van der Waals surface area contributed by atoms with Crippen LogP contribution in [0.15, 0.2) is 67.1 Å². The van der Waals surface area contributed by atoms with E-state index in [1.807, 2.05) is 29.1 Å². The first kappa shape index (κ1) is 27.0. The van der Waals surface area contributed by atoms with Gasteiger partial charge >= 0.3 is 0 Å². The molecule has 0 amide bonds. The van der Waals surface area contributed by atoms with Gasteiger partial charge in [0.15, 0.2) is 0 Å². The van der Waals surface area contributed by atoms with Crippen molar-refractivity contribution in [2.45, 2.75) is 6.54 Å². The molecule has 0 saturated carbocycles. The molecular formula is C28H27F2N7O3S. The molecule has 1 aliphatic rings. The van der Waals surface area contributed by atoms with Gasteiger partial charge in [-0.3, -0.25) is 18.9 Å². The molecule has 13 heteroatoms. The van der Waals surface area contributed by atoms with E-state index in [1.54, 1.807) is 23.0 Å². The highest BCUT2D eigenvalue weighted by molar-refractivity contribution is 7.92. The molecule has 0 bridgehead atoms. The van der Waals surface area contributed by atoms with Crippen molar-refractivity contribution in [3.63, 3.8) is 0 Å². The predicted molar refractivity (Wildman–Crippen MR) is 151 cm³/mol. The average Bonchev–Trinajstić information content (AvgIpc) is 3.58. The third-order valence-corrected chi connectivity index (χ3v) is 7.48. The number of morpholine rings is 1. The Balaban J connectivity index is 1.31. The number of aromatic nitrogens is 5. The number of anilines is 1. The van der Waals surface area contributed by atoms with E-state index in [0.717, 1.165) is 74.6 Å². The number of sulfonamides is 1. The Bertz CT molecular complexity index is 1830. The minimum absolute atomic E-state index is 0.133. The van der Waals surface area contributed by atoms with Crippen molar-refractivity contribution >= 4 is 26.7 Å². The lowest BCUT2D eigenvalue weighted by Gasteiger charge is -2.26. The molecule has 3 aromatic carbocycles. The molecule has 1 N–H and O–H groups in total. The summed E-state index contributed by atoms with van der Waals surface area (Å²) in [6.07, 6.45) is 4.55. The van der Waals surface area contributed by atoms with Crippen molar-refractivity contribution in [2.75, 3.05) is 43.8 Å². The van der Waals surface area contributed by atoms with Crippen LogP contribution in [-0.4, -0.2) is 77.0 Å². The number of fused-ring (bicyclic) bond motifs is 1. The SMILES string of the molecule is CS(=O)(=O)Nc1cc(-c2ccc(F)cc2F)cc(-n2cnc3cc(-c4cn(CCN5CCOCC5)nn4)ccc32)c1. The number of benzene rings is 3. The summed E-state index contributed by atoms with van der Waals surface area (Å²) in [5.41, 5.74) is 4.28. The minimum atomic E-state index is -3.62. The summed E-state index contributed by atoms with van der Waals surface area (Å²) in [5.74, 6) is -1.46. The van der Waals surface area contributed by atoms with Crippen LogP contribution in [0.5, 0.6) is 0 Å². The third kappa shape index (κ3) is 6.11. The van der Waals surface area contributed by atoms with Crippen LogP contribution < -0.4 is 4.72 Å². The molecule has 5 aromatic rings. The molecule has 2 aromatic heterocycles. The maximum absolute atomic E-state index is 14.7. The Labute approximate surface area is 235 Å². The molecule has 1 aliphatic heterocycles. The summed E-state index contributed by atoms with van der Waals surface area (Å²) in [5, 5.41) is 8.61. The normalized spacial score (nSPS) is 14.5. The Morgan fingerprint density at radius 3 is 2.59 bits per heavy atom. The topological polar surface area (TPSA) is 107 Å². The first-order valence-corrected chi connectivity index (χ1v) is 14.9. The first-order valence-electron chi connectivity index (χ1n) is 13.0. The second kappa shape index (κ2) is 11.0. The highest BCUT2D eigenvalue weighted by atomic mass is 32.2. The van der Waals surface area contributed by atoms with Gasteiger partial charge in [-0.15, -0.1) is 5.10 Å². The largest absolute Gasteiger partial charge is 0.379 e. The lowest BCUT2D eigenvalue weighted by atomic mass is 10.0. The van der Waals surface area contributed by atoms with Gasteiger partial charge < -0.3 is 4.74 Å². The second-order valence-electron chi connectivity index (χ2n) is 9.91. The lowest BCUT2D eigenvalue weighted by Crippen LogP contribution is -2.38. The Morgan fingerprint density at radius 2 is 1.80 bits per heavy atom. The molecule has 6 rings (SSSR count). The van der Waals surface area contributed by atoms with Crippen LogP contribution in [0.1, 0.15) is 0 Å². The van der Waals surface area contributed by atoms with E-state index < -0.39 is 21.7 Å². The van der Waals surface area contributed by atoms with E-state index >= 15 is 0 Å². The van der Waals surface area contributed by atoms with Gasteiger partial charge in [0.25, 0.3) is 0 Å². The summed E-state index contributed by atoms with van der Waals surface area (Å²) in [6, 6.07) is 13.8. The maximum atomic E-state index is 14.7. The van der Waals surface area contributed by atoms with Gasteiger partial charge in [-0.25, -0.2) is 22.2 Å². The van der Waals surface area contributed by atoms with Gasteiger partial charge in [0.1, 0.15) is 23.7 Å². The van der Waals surface area contributed by atoms with Crippen LogP contribution >= 0.6 is 0 Å². The fourth-order valence-corrected chi connectivity index (χ4v) is 5.43. The number of ether oxygens (including phenoxy) is 1. The summed E-state index contributed by atoms with van der Waals surface area (Å²) >= 11 is 0. The van der Waals surface area contributed by atoms with E-state index in [4.69, 9.17) is 4.74 Å². The Morgan fingerprint density at radius 1 is 0.976 bits per heavy atom. The van der Waals surface area contributed by atoms with E-state index in [-0.39, 0.29) is 11.3 Å². The van der Waals surface area contributed by atoms with Gasteiger partial charge in [0.05, 0.1) is 48.9 Å². The van der Waals surface area contributed by atoms with Gasteiger partial charge in [0, 0.05) is 42.5 Å². The third-order valence-electron chi connectivity index (χ3n) is 6.87. The molecule has 10 nitrogen and oxygen atoms in total. The smallest absolute Gasteiger partial charge is 0.229 e. The zero-order valence-electron chi connectivity index (χ0n) is 22.2. The summed E-state index contributed by atoms with van der Waals surface area (Å²) in [4.78, 5) is 6.88. The summed E-state index contributed by atoms with van der Waals surface area (Å²) in [7, 11) is -3.62. The van der Waals surface area contributed by atoms with Gasteiger partial charge in [-0.1, -0.05) is 11.3 Å². The fourth-order valence-electron chi connectivity index (χ4n) is 4.89. The zero-order valence-corrected chi connectivity index (χ0v) is 23.0. The molecule has 0 spiro atoms. The number of hydrogen-bond donors (Lipinski definition) is 1. The predicted octanol–water partition coefficient (Wildman–Crippen LogP) is 3.93. The van der Waals surface area contributed by atoms with Crippen molar-refractivity contribution in [2.24, 2.45) is 0 Å². The van der Waals surface area contributed by atoms with Crippen molar-refractivity contribution in [1.29, 1.82) is 0 Å². The average molecular weight is 580 g/mol. The molecular weight excluding hydrogens is 552 g/mol. The number of nitrogens with zero attached hydrogens (tertiary/aromatic N) is 6. The van der Waals surface area contributed by atoms with Crippen molar-refractivity contribution in [1.82, 2.24) is 29.4 Å². The zero-order chi connectivity index (χ0) is 28.6. The van der Waals surface area contributed by atoms with Crippen molar-refractivity contribution in [3.05, 3.63) is 78.8 Å². The van der Waals surface area contributed by atoms with Crippen LogP contribution in [0.2, 0.25) is 0 Å². The Kier molecular flexibility index (Phi) is 7.24. The first-order chi connectivity index (χ1) is 19.7. The summed E-state index contributed by atoms with van der Waals surface area (Å²) in [6.45, 7) is 4.91. The fraction of sp³-hybridized carbons (Fsp3) is 0.250. The standard InChI is InChI=1S/C28H27F2N7O3S/c1-41(38,39)33-22-12-20(24-4-3-21(29)15-25(24)30)13-23(16-22)37-18-31-26-14-19(2-5-28(26)37)27-17-36(34-32-27)7-6-35-8-10-40-11-9-35/h2-5,12-18,33H,6-11H2,1H3. The highest BCUT2D eigenvalue weighted by Gasteiger charge is 2.15. The maximum Gasteiger partial charge on any atom is 0.229 e. The van der Waals surface area contributed by atoms with E-state index in [1.165, 1.54) is 12.1 Å². The number of hydrogen-bond acceptors (Lipinski definition) is 7. The highest BCUT2D eigenvalue weighted by Crippen LogP contribution is 2.31. The number of rotatable bonds is 8. The van der Waals surface area contributed by atoms with E-state index in [0.29, 0.717) is 16.8 Å². The van der Waals surface area contributed by atoms with Gasteiger partial charge in [-0.2, -0.15) is 0 Å². The minimum Gasteiger partial charge on any atom is -0.379 e. The quantitative estimate of drug-likeness (QED) is 0.297. The number of imidazole rings is 1. The molecule has 212 valence electrons. The molecule has 0 unspecified atom stereocenters. The van der Waals surface area contributed by atoms with Crippen LogP contribution in [0, 0.1) is 11.6 Å². The Hall–Kier alpha value is -4.20. The van der Waals surface area contributed by atoms with E-state index in [2.05, 4.69) is 24.9 Å². The number of nitrogens with one attached hydrogen (secondary N) is 1.